The molecule has 0 spiro atoms. The van der Waals surface area contributed by atoms with Gasteiger partial charge in [0.25, 0.3) is 5.56 Å². The molecule has 2 heterocycles. The Labute approximate surface area is 163 Å². The zero-order chi connectivity index (χ0) is 19.7. The van der Waals surface area contributed by atoms with Crippen LogP contribution < -0.4 is 10.9 Å². The summed E-state index contributed by atoms with van der Waals surface area (Å²) in [6.45, 7) is 0. The molecule has 4 rings (SSSR count). The lowest BCUT2D eigenvalue weighted by molar-refractivity contribution is -0.138. The fourth-order valence-corrected chi connectivity index (χ4v) is 4.73. The predicted molar refractivity (Wildman–Crippen MR) is 102 cm³/mol. The quantitative estimate of drug-likeness (QED) is 0.639. The van der Waals surface area contributed by atoms with Gasteiger partial charge in [0.1, 0.15) is 0 Å². The van der Waals surface area contributed by atoms with Crippen LogP contribution >= 0.6 is 11.3 Å². The van der Waals surface area contributed by atoms with E-state index in [-0.39, 0.29) is 17.5 Å². The number of hydrogen-bond acceptors (Lipinski definition) is 5. The van der Waals surface area contributed by atoms with E-state index in [2.05, 4.69) is 15.4 Å². The van der Waals surface area contributed by atoms with Gasteiger partial charge in [-0.2, -0.15) is 17.7 Å². The van der Waals surface area contributed by atoms with E-state index in [1.165, 1.54) is 34.2 Å². The number of halogens is 3. The van der Waals surface area contributed by atoms with Crippen LogP contribution in [-0.2, 0) is 6.18 Å². The maximum absolute atomic E-state index is 13.6. The molecule has 0 aliphatic heterocycles. The highest BCUT2D eigenvalue weighted by molar-refractivity contribution is 7.20. The van der Waals surface area contributed by atoms with Gasteiger partial charge in [0, 0.05) is 24.2 Å². The Balaban J connectivity index is 1.70. The van der Waals surface area contributed by atoms with Crippen molar-refractivity contribution in [2.45, 2.75) is 50.2 Å². The normalized spacial score (nSPS) is 20.8. The van der Waals surface area contributed by atoms with Crippen LogP contribution in [-0.4, -0.2) is 20.6 Å². The molecule has 2 aromatic heterocycles. The summed E-state index contributed by atoms with van der Waals surface area (Å²) in [5, 5.41) is 8.07. The standard InChI is InChI=1S/C19H19F3N4OS/c20-19(21,22)14-8-5-4-6-12(14)13-7-2-1-3-9-15(13)24-17-25-26-16(27)10-11-23-18(26)28-17/h4-6,8,10-11,13,15H,1-3,7,9H2,(H,24,25). The van der Waals surface area contributed by atoms with Gasteiger partial charge in [-0.3, -0.25) is 4.79 Å². The smallest absolute Gasteiger partial charge is 0.357 e. The van der Waals surface area contributed by atoms with Gasteiger partial charge in [0.2, 0.25) is 10.1 Å². The molecule has 0 radical (unpaired) electrons. The molecule has 2 unspecified atom stereocenters. The number of anilines is 1. The molecule has 1 aromatic carbocycles. The minimum absolute atomic E-state index is 0.192. The summed E-state index contributed by atoms with van der Waals surface area (Å²) in [6.07, 6.45) is 1.27. The second-order valence-corrected chi connectivity index (χ2v) is 7.92. The Morgan fingerprint density at radius 1 is 1.11 bits per heavy atom. The van der Waals surface area contributed by atoms with E-state index < -0.39 is 11.7 Å². The van der Waals surface area contributed by atoms with Gasteiger partial charge in [0.05, 0.1) is 5.56 Å². The lowest BCUT2D eigenvalue weighted by atomic mass is 9.84. The molecular formula is C19H19F3N4OS. The number of aromatic nitrogens is 3. The van der Waals surface area contributed by atoms with Crippen molar-refractivity contribution in [1.29, 1.82) is 0 Å². The lowest BCUT2D eigenvalue weighted by Gasteiger charge is -2.28. The number of rotatable bonds is 3. The van der Waals surface area contributed by atoms with Crippen molar-refractivity contribution < 1.29 is 13.2 Å². The molecule has 1 aliphatic carbocycles. The number of nitrogens with one attached hydrogen (secondary N) is 1. The molecule has 1 N–H and O–H groups in total. The van der Waals surface area contributed by atoms with Crippen LogP contribution in [0.5, 0.6) is 0 Å². The number of nitrogens with zero attached hydrogens (tertiary/aromatic N) is 3. The van der Waals surface area contributed by atoms with Crippen LogP contribution in [0.1, 0.15) is 49.1 Å². The summed E-state index contributed by atoms with van der Waals surface area (Å²) in [7, 11) is 0. The van der Waals surface area contributed by atoms with Crippen LogP contribution in [0.3, 0.4) is 0 Å². The van der Waals surface area contributed by atoms with Crippen molar-refractivity contribution in [3.8, 4) is 0 Å². The third-order valence-electron chi connectivity index (χ3n) is 5.16. The van der Waals surface area contributed by atoms with E-state index in [4.69, 9.17) is 0 Å². The average molecular weight is 408 g/mol. The first-order chi connectivity index (χ1) is 13.4. The number of benzene rings is 1. The number of fused-ring (bicyclic) bond motifs is 1. The Morgan fingerprint density at radius 3 is 2.68 bits per heavy atom. The van der Waals surface area contributed by atoms with E-state index in [0.29, 0.717) is 22.1 Å². The molecule has 28 heavy (non-hydrogen) atoms. The summed E-state index contributed by atoms with van der Waals surface area (Å²) in [4.78, 5) is 16.5. The van der Waals surface area contributed by atoms with Crippen molar-refractivity contribution in [2.75, 3.05) is 5.32 Å². The highest BCUT2D eigenvalue weighted by Crippen LogP contribution is 2.41. The maximum Gasteiger partial charge on any atom is 0.416 e. The average Bonchev–Trinajstić information content (AvgIpc) is 2.93. The van der Waals surface area contributed by atoms with Gasteiger partial charge in [-0.05, 0) is 24.5 Å². The molecule has 0 saturated heterocycles. The molecular weight excluding hydrogens is 389 g/mol. The molecule has 1 fully saturated rings. The second kappa shape index (κ2) is 7.54. The topological polar surface area (TPSA) is 59.3 Å². The van der Waals surface area contributed by atoms with Crippen molar-refractivity contribution in [1.82, 2.24) is 14.6 Å². The van der Waals surface area contributed by atoms with E-state index >= 15 is 0 Å². The monoisotopic (exact) mass is 408 g/mol. The summed E-state index contributed by atoms with van der Waals surface area (Å²) >= 11 is 1.23. The lowest BCUT2D eigenvalue weighted by Crippen LogP contribution is -2.28. The molecule has 0 bridgehead atoms. The Kier molecular flexibility index (Phi) is 5.09. The Morgan fingerprint density at radius 2 is 1.89 bits per heavy atom. The van der Waals surface area contributed by atoms with Gasteiger partial charge < -0.3 is 5.32 Å². The van der Waals surface area contributed by atoms with Crippen LogP contribution in [0, 0.1) is 0 Å². The van der Waals surface area contributed by atoms with Crippen LogP contribution in [0.15, 0.2) is 41.3 Å². The van der Waals surface area contributed by atoms with Crippen LogP contribution in [0.2, 0.25) is 0 Å². The van der Waals surface area contributed by atoms with Crippen molar-refractivity contribution >= 4 is 21.4 Å². The van der Waals surface area contributed by atoms with Gasteiger partial charge in [-0.1, -0.05) is 48.8 Å². The minimum Gasteiger partial charge on any atom is -0.357 e. The van der Waals surface area contributed by atoms with Gasteiger partial charge >= 0.3 is 6.18 Å². The zero-order valence-electron chi connectivity index (χ0n) is 14.9. The highest BCUT2D eigenvalue weighted by Gasteiger charge is 2.37. The molecule has 3 aromatic rings. The van der Waals surface area contributed by atoms with Gasteiger partial charge in [-0.25, -0.2) is 4.98 Å². The van der Waals surface area contributed by atoms with E-state index in [1.54, 1.807) is 12.1 Å². The third kappa shape index (κ3) is 3.76. The SMILES string of the molecule is O=c1ccnc2sc(NC3CCCCCC3c3ccccc3C(F)(F)F)nn12. The molecule has 0 amide bonds. The molecule has 1 aliphatic rings. The zero-order valence-corrected chi connectivity index (χ0v) is 15.8. The largest absolute Gasteiger partial charge is 0.416 e. The van der Waals surface area contributed by atoms with Gasteiger partial charge in [-0.15, -0.1) is 5.10 Å². The molecule has 5 nitrogen and oxygen atoms in total. The fourth-order valence-electron chi connectivity index (χ4n) is 3.89. The van der Waals surface area contributed by atoms with E-state index in [0.717, 1.165) is 31.7 Å². The Hall–Kier alpha value is -2.42. The first kappa shape index (κ1) is 18.9. The second-order valence-electron chi connectivity index (χ2n) is 6.97. The number of hydrogen-bond donors (Lipinski definition) is 1. The maximum atomic E-state index is 13.6. The van der Waals surface area contributed by atoms with Crippen LogP contribution in [0.4, 0.5) is 18.3 Å². The fraction of sp³-hybridized carbons (Fsp3) is 0.421. The summed E-state index contributed by atoms with van der Waals surface area (Å²) in [5.74, 6) is -0.281. The predicted octanol–water partition coefficient (Wildman–Crippen LogP) is 4.70. The van der Waals surface area contributed by atoms with E-state index in [9.17, 15) is 18.0 Å². The summed E-state index contributed by atoms with van der Waals surface area (Å²) in [5.41, 5.74) is -0.532. The third-order valence-corrected chi connectivity index (χ3v) is 6.02. The van der Waals surface area contributed by atoms with Gasteiger partial charge in [0.15, 0.2) is 0 Å². The highest BCUT2D eigenvalue weighted by atomic mass is 32.1. The number of alkyl halides is 3. The molecule has 148 valence electrons. The van der Waals surface area contributed by atoms with Crippen molar-refractivity contribution in [2.24, 2.45) is 0 Å². The summed E-state index contributed by atoms with van der Waals surface area (Å²) in [6, 6.07) is 6.95. The first-order valence-corrected chi connectivity index (χ1v) is 10.0. The first-order valence-electron chi connectivity index (χ1n) is 9.21. The summed E-state index contributed by atoms with van der Waals surface area (Å²) < 4.78 is 41.9. The minimum atomic E-state index is -4.39. The Bertz CT molecular complexity index is 1030. The van der Waals surface area contributed by atoms with Crippen molar-refractivity contribution in [3.63, 3.8) is 0 Å². The molecule has 2 atom stereocenters. The van der Waals surface area contributed by atoms with E-state index in [1.807, 2.05) is 0 Å². The molecule has 9 heteroatoms. The molecule has 1 saturated carbocycles. The van der Waals surface area contributed by atoms with Crippen LogP contribution in [0.25, 0.3) is 4.96 Å². The van der Waals surface area contributed by atoms with Crippen molar-refractivity contribution in [3.05, 3.63) is 58.0 Å².